The Morgan fingerprint density at radius 1 is 1.53 bits per heavy atom. The van der Waals surface area contributed by atoms with Gasteiger partial charge in [0.05, 0.1) is 6.54 Å². The maximum absolute atomic E-state index is 12.2. The summed E-state index contributed by atoms with van der Waals surface area (Å²) in [4.78, 5) is 12.2. The Kier molecular flexibility index (Phi) is 3.22. The van der Waals surface area contributed by atoms with Crippen molar-refractivity contribution >= 4 is 21.8 Å². The van der Waals surface area contributed by atoms with Crippen molar-refractivity contribution in [3.05, 3.63) is 46.1 Å². The normalized spacial score (nSPS) is 14.6. The summed E-state index contributed by atoms with van der Waals surface area (Å²) in [5.41, 5.74) is 0.706. The molecule has 2 aromatic heterocycles. The molecule has 1 N–H and O–H groups in total. The van der Waals surface area contributed by atoms with Gasteiger partial charge in [-0.15, -0.1) is 0 Å². The van der Waals surface area contributed by atoms with Crippen molar-refractivity contribution < 1.29 is 9.21 Å². The van der Waals surface area contributed by atoms with Crippen molar-refractivity contribution in [1.29, 1.82) is 0 Å². The van der Waals surface area contributed by atoms with Gasteiger partial charge in [-0.05, 0) is 53.9 Å². The van der Waals surface area contributed by atoms with Crippen LogP contribution in [0.5, 0.6) is 0 Å². The van der Waals surface area contributed by atoms with Crippen LogP contribution in [0.4, 0.5) is 0 Å². The predicted octanol–water partition coefficient (Wildman–Crippen LogP) is 3.42. The Labute approximate surface area is 119 Å². The van der Waals surface area contributed by atoms with E-state index in [4.69, 9.17) is 4.42 Å². The number of rotatable bonds is 4. The number of amides is 1. The number of carbonyl (C=O) groups is 1. The lowest BCUT2D eigenvalue weighted by Crippen LogP contribution is -2.25. The lowest BCUT2D eigenvalue weighted by Gasteiger charge is -2.07. The van der Waals surface area contributed by atoms with E-state index < -0.39 is 0 Å². The van der Waals surface area contributed by atoms with E-state index in [1.54, 1.807) is 0 Å². The van der Waals surface area contributed by atoms with Crippen molar-refractivity contribution in [1.82, 2.24) is 9.88 Å². The van der Waals surface area contributed by atoms with Gasteiger partial charge in [-0.3, -0.25) is 4.79 Å². The number of carbonyl (C=O) groups excluding carboxylic acids is 1. The predicted molar refractivity (Wildman–Crippen MR) is 75.0 cm³/mol. The fourth-order valence-electron chi connectivity index (χ4n) is 2.12. The van der Waals surface area contributed by atoms with Crippen LogP contribution in [0.25, 0.3) is 0 Å². The number of aromatic nitrogens is 1. The molecule has 1 fully saturated rings. The fourth-order valence-corrected chi connectivity index (χ4v) is 2.56. The number of furan rings is 1. The first-order valence-corrected chi connectivity index (χ1v) is 7.13. The summed E-state index contributed by atoms with van der Waals surface area (Å²) in [5, 5.41) is 2.89. The molecule has 0 unspecified atom stereocenters. The third-order valence-corrected chi connectivity index (χ3v) is 3.64. The van der Waals surface area contributed by atoms with E-state index in [0.717, 1.165) is 28.8 Å². The Morgan fingerprint density at radius 3 is 2.95 bits per heavy atom. The van der Waals surface area contributed by atoms with Gasteiger partial charge in [0.15, 0.2) is 0 Å². The van der Waals surface area contributed by atoms with Crippen LogP contribution in [0, 0.1) is 6.92 Å². The standard InChI is InChI=1S/C14H15BrN2O2/c1-9-2-5-12(19-9)7-16-14(18)13-6-10(15)8-17(13)11-3-4-11/h2,5-6,8,11H,3-4,7H2,1H3,(H,16,18). The smallest absolute Gasteiger partial charge is 0.268 e. The quantitative estimate of drug-likeness (QED) is 0.937. The Bertz CT molecular complexity index is 611. The van der Waals surface area contributed by atoms with Crippen LogP contribution in [-0.2, 0) is 6.54 Å². The van der Waals surface area contributed by atoms with Gasteiger partial charge in [0.1, 0.15) is 17.2 Å². The van der Waals surface area contributed by atoms with Crippen molar-refractivity contribution in [2.45, 2.75) is 32.4 Å². The van der Waals surface area contributed by atoms with E-state index in [0.29, 0.717) is 18.3 Å². The number of aryl methyl sites for hydroxylation is 1. The molecule has 0 saturated heterocycles. The van der Waals surface area contributed by atoms with Gasteiger partial charge in [-0.2, -0.15) is 0 Å². The zero-order chi connectivity index (χ0) is 13.4. The molecule has 5 heteroatoms. The van der Waals surface area contributed by atoms with Gasteiger partial charge >= 0.3 is 0 Å². The highest BCUT2D eigenvalue weighted by Crippen LogP contribution is 2.37. The molecule has 0 radical (unpaired) electrons. The second kappa shape index (κ2) is 4.89. The van der Waals surface area contributed by atoms with Crippen molar-refractivity contribution in [2.75, 3.05) is 0 Å². The summed E-state index contributed by atoms with van der Waals surface area (Å²) in [5.74, 6) is 1.56. The van der Waals surface area contributed by atoms with Gasteiger partial charge < -0.3 is 14.3 Å². The molecule has 3 rings (SSSR count). The molecule has 4 nitrogen and oxygen atoms in total. The summed E-state index contributed by atoms with van der Waals surface area (Å²) in [6.45, 7) is 2.31. The molecule has 19 heavy (non-hydrogen) atoms. The zero-order valence-electron chi connectivity index (χ0n) is 10.6. The number of hydrogen-bond acceptors (Lipinski definition) is 2. The SMILES string of the molecule is Cc1ccc(CNC(=O)c2cc(Br)cn2C2CC2)o1. The zero-order valence-corrected chi connectivity index (χ0v) is 12.2. The first kappa shape index (κ1) is 12.5. The minimum Gasteiger partial charge on any atom is -0.465 e. The van der Waals surface area contributed by atoms with Crippen molar-refractivity contribution in [3.8, 4) is 0 Å². The largest absolute Gasteiger partial charge is 0.465 e. The minimum absolute atomic E-state index is 0.0633. The third kappa shape index (κ3) is 2.76. The highest BCUT2D eigenvalue weighted by atomic mass is 79.9. The summed E-state index contributed by atoms with van der Waals surface area (Å²) < 4.78 is 8.43. The van der Waals surface area contributed by atoms with Gasteiger partial charge in [-0.25, -0.2) is 0 Å². The van der Waals surface area contributed by atoms with E-state index in [1.165, 1.54) is 0 Å². The molecule has 1 saturated carbocycles. The molecule has 2 aromatic rings. The van der Waals surface area contributed by atoms with Gasteiger partial charge in [0.25, 0.3) is 5.91 Å². The van der Waals surface area contributed by atoms with E-state index >= 15 is 0 Å². The second-order valence-electron chi connectivity index (χ2n) is 4.88. The van der Waals surface area contributed by atoms with Gasteiger partial charge in [0, 0.05) is 16.7 Å². The number of nitrogens with one attached hydrogen (secondary N) is 1. The van der Waals surface area contributed by atoms with Crippen molar-refractivity contribution in [2.24, 2.45) is 0 Å². The molecule has 1 amide bonds. The monoisotopic (exact) mass is 322 g/mol. The molecule has 0 bridgehead atoms. The molecule has 0 aliphatic heterocycles. The number of halogens is 1. The number of nitrogens with zero attached hydrogens (tertiary/aromatic N) is 1. The molecule has 1 aliphatic rings. The number of hydrogen-bond donors (Lipinski definition) is 1. The van der Waals surface area contributed by atoms with Crippen molar-refractivity contribution in [3.63, 3.8) is 0 Å². The highest BCUT2D eigenvalue weighted by molar-refractivity contribution is 9.10. The van der Waals surface area contributed by atoms with Crippen LogP contribution in [0.3, 0.4) is 0 Å². The molecule has 0 spiro atoms. The van der Waals surface area contributed by atoms with E-state index in [2.05, 4.69) is 21.2 Å². The second-order valence-corrected chi connectivity index (χ2v) is 5.79. The average Bonchev–Trinajstić information content (AvgIpc) is 3.03. The maximum atomic E-state index is 12.2. The first-order valence-electron chi connectivity index (χ1n) is 6.34. The third-order valence-electron chi connectivity index (χ3n) is 3.21. The lowest BCUT2D eigenvalue weighted by molar-refractivity contribution is 0.0938. The maximum Gasteiger partial charge on any atom is 0.268 e. The first-order chi connectivity index (χ1) is 9.13. The Balaban J connectivity index is 1.70. The average molecular weight is 323 g/mol. The molecular weight excluding hydrogens is 308 g/mol. The van der Waals surface area contributed by atoms with Crippen LogP contribution in [0.15, 0.2) is 33.3 Å². The van der Waals surface area contributed by atoms with Gasteiger partial charge in [-0.1, -0.05) is 0 Å². The molecule has 100 valence electrons. The molecule has 0 atom stereocenters. The fraction of sp³-hybridized carbons (Fsp3) is 0.357. The Morgan fingerprint density at radius 2 is 2.32 bits per heavy atom. The highest BCUT2D eigenvalue weighted by Gasteiger charge is 2.27. The Hall–Kier alpha value is -1.49. The summed E-state index contributed by atoms with van der Waals surface area (Å²) in [7, 11) is 0. The lowest BCUT2D eigenvalue weighted by atomic mass is 10.3. The van der Waals surface area contributed by atoms with E-state index in [-0.39, 0.29) is 5.91 Å². The molecule has 0 aromatic carbocycles. The van der Waals surface area contributed by atoms with Crippen LogP contribution < -0.4 is 5.32 Å². The molecule has 1 aliphatic carbocycles. The van der Waals surface area contributed by atoms with Gasteiger partial charge in [0.2, 0.25) is 0 Å². The summed E-state index contributed by atoms with van der Waals surface area (Å²) >= 11 is 3.43. The van der Waals surface area contributed by atoms with Crippen LogP contribution in [0.1, 0.15) is 40.9 Å². The van der Waals surface area contributed by atoms with E-state index in [9.17, 15) is 4.79 Å². The minimum atomic E-state index is -0.0633. The van der Waals surface area contributed by atoms with Crippen LogP contribution in [0.2, 0.25) is 0 Å². The molecule has 2 heterocycles. The molecular formula is C14H15BrN2O2. The summed E-state index contributed by atoms with van der Waals surface area (Å²) in [6, 6.07) is 6.12. The van der Waals surface area contributed by atoms with Crippen LogP contribution >= 0.6 is 15.9 Å². The summed E-state index contributed by atoms with van der Waals surface area (Å²) in [6.07, 6.45) is 4.28. The topological polar surface area (TPSA) is 47.2 Å². The van der Waals surface area contributed by atoms with E-state index in [1.807, 2.05) is 35.9 Å². The van der Waals surface area contributed by atoms with Crippen LogP contribution in [-0.4, -0.2) is 10.5 Å².